The maximum absolute atomic E-state index is 13.0. The summed E-state index contributed by atoms with van der Waals surface area (Å²) in [5, 5.41) is 22.6. The van der Waals surface area contributed by atoms with Crippen LogP contribution >= 0.6 is 0 Å². The molecule has 1 aliphatic rings. The molecule has 1 aromatic heterocycles. The zero-order chi connectivity index (χ0) is 25.8. The van der Waals surface area contributed by atoms with Crippen molar-refractivity contribution in [2.24, 2.45) is 0 Å². The van der Waals surface area contributed by atoms with Gasteiger partial charge in [0.25, 0.3) is 5.69 Å². The first-order valence-electron chi connectivity index (χ1n) is 11.8. The summed E-state index contributed by atoms with van der Waals surface area (Å²) in [5.41, 5.74) is 1.94. The topological polar surface area (TPSA) is 117 Å². The van der Waals surface area contributed by atoms with Gasteiger partial charge >= 0.3 is 0 Å². The van der Waals surface area contributed by atoms with Crippen LogP contribution in [0.4, 0.5) is 11.6 Å². The summed E-state index contributed by atoms with van der Waals surface area (Å²) >= 11 is 0. The number of non-ortho nitro benzene ring substituents is 1. The first kappa shape index (κ1) is 23.8. The van der Waals surface area contributed by atoms with E-state index in [0.29, 0.717) is 38.5 Å². The van der Waals surface area contributed by atoms with Crippen molar-refractivity contribution in [3.63, 3.8) is 0 Å². The number of nitro benzene ring substituents is 1. The molecule has 1 aliphatic heterocycles. The van der Waals surface area contributed by atoms with Crippen LogP contribution in [-0.4, -0.2) is 46.9 Å². The Morgan fingerprint density at radius 1 is 1.03 bits per heavy atom. The molecular formula is C28H23N5O4. The van der Waals surface area contributed by atoms with Gasteiger partial charge in [-0.25, -0.2) is 0 Å². The van der Waals surface area contributed by atoms with Gasteiger partial charge in [0.05, 0.1) is 11.3 Å². The molecule has 0 unspecified atom stereocenters. The molecule has 1 fully saturated rings. The van der Waals surface area contributed by atoms with Gasteiger partial charge in [-0.1, -0.05) is 42.5 Å². The van der Waals surface area contributed by atoms with Crippen LogP contribution in [0.3, 0.4) is 0 Å². The van der Waals surface area contributed by atoms with E-state index in [9.17, 15) is 20.2 Å². The van der Waals surface area contributed by atoms with Gasteiger partial charge < -0.3 is 14.2 Å². The number of hydrogen-bond donors (Lipinski definition) is 0. The van der Waals surface area contributed by atoms with Gasteiger partial charge in [0.2, 0.25) is 23.4 Å². The van der Waals surface area contributed by atoms with Gasteiger partial charge in [0, 0.05) is 44.4 Å². The Bertz CT molecular complexity index is 1520. The number of nitrogens with zero attached hydrogens (tertiary/aromatic N) is 5. The molecule has 37 heavy (non-hydrogen) atoms. The number of carbonyl (C=O) groups excluding carboxylic acids is 1. The average molecular weight is 494 g/mol. The number of anilines is 1. The SMILES string of the molecule is N#Cc1nc(/C=C/c2ccc([N+](=O)[O-])cc2)oc1N1CCN(C(=O)Cc2cccc3ccccc23)CC1. The molecule has 0 bridgehead atoms. The smallest absolute Gasteiger partial charge is 0.269 e. The first-order valence-corrected chi connectivity index (χ1v) is 11.8. The quantitative estimate of drug-likeness (QED) is 0.283. The number of piperazine rings is 1. The van der Waals surface area contributed by atoms with Gasteiger partial charge in [-0.3, -0.25) is 14.9 Å². The van der Waals surface area contributed by atoms with Crippen LogP contribution in [0.15, 0.2) is 71.1 Å². The van der Waals surface area contributed by atoms with E-state index in [1.165, 1.54) is 12.1 Å². The Hall–Kier alpha value is -4.97. The maximum atomic E-state index is 13.0. The van der Waals surface area contributed by atoms with E-state index in [1.54, 1.807) is 24.3 Å². The third-order valence-electron chi connectivity index (χ3n) is 6.40. The minimum Gasteiger partial charge on any atom is -0.420 e. The Labute approximate surface area is 213 Å². The van der Waals surface area contributed by atoms with Crippen LogP contribution in [0.5, 0.6) is 0 Å². The van der Waals surface area contributed by atoms with E-state index in [4.69, 9.17) is 4.42 Å². The second kappa shape index (κ2) is 10.3. The van der Waals surface area contributed by atoms with Crippen LogP contribution in [0.1, 0.15) is 22.7 Å². The molecule has 0 spiro atoms. The predicted octanol–water partition coefficient (Wildman–Crippen LogP) is 4.67. The minimum atomic E-state index is -0.454. The zero-order valence-electron chi connectivity index (χ0n) is 19.9. The third kappa shape index (κ3) is 5.18. The lowest BCUT2D eigenvalue weighted by Crippen LogP contribution is -2.49. The standard InChI is InChI=1S/C28H23N5O4/c29-19-25-28(37-26(30-25)13-10-20-8-11-23(12-9-20)33(35)36)32-16-14-31(15-17-32)27(34)18-22-6-3-5-21-4-1-2-7-24(21)22/h1-13H,14-18H2/b13-10+. The number of carbonyl (C=O) groups is 1. The zero-order valence-corrected chi connectivity index (χ0v) is 19.9. The highest BCUT2D eigenvalue weighted by Crippen LogP contribution is 2.25. The van der Waals surface area contributed by atoms with E-state index in [0.717, 1.165) is 21.9 Å². The molecule has 184 valence electrons. The molecule has 2 heterocycles. The van der Waals surface area contributed by atoms with E-state index >= 15 is 0 Å². The number of fused-ring (bicyclic) bond motifs is 1. The molecule has 5 rings (SSSR count). The van der Waals surface area contributed by atoms with Crippen molar-refractivity contribution in [3.8, 4) is 6.07 Å². The summed E-state index contributed by atoms with van der Waals surface area (Å²) in [6.07, 6.45) is 3.67. The Balaban J connectivity index is 1.23. The summed E-state index contributed by atoms with van der Waals surface area (Å²) < 4.78 is 5.86. The number of hydrogen-bond acceptors (Lipinski definition) is 7. The molecule has 0 aliphatic carbocycles. The van der Waals surface area contributed by atoms with Crippen LogP contribution in [0.2, 0.25) is 0 Å². The first-order chi connectivity index (χ1) is 18.0. The van der Waals surface area contributed by atoms with Crippen molar-refractivity contribution >= 4 is 40.4 Å². The van der Waals surface area contributed by atoms with Crippen molar-refractivity contribution in [2.45, 2.75) is 6.42 Å². The molecular weight excluding hydrogens is 470 g/mol. The summed E-state index contributed by atoms with van der Waals surface area (Å²) in [6, 6.07) is 22.2. The molecule has 4 aromatic rings. The van der Waals surface area contributed by atoms with Crippen molar-refractivity contribution in [2.75, 3.05) is 31.1 Å². The molecule has 9 nitrogen and oxygen atoms in total. The van der Waals surface area contributed by atoms with Crippen molar-refractivity contribution < 1.29 is 14.1 Å². The highest BCUT2D eigenvalue weighted by molar-refractivity contribution is 5.90. The van der Waals surface area contributed by atoms with Gasteiger partial charge in [0.15, 0.2) is 0 Å². The van der Waals surface area contributed by atoms with Gasteiger partial charge in [-0.15, -0.1) is 0 Å². The molecule has 1 saturated heterocycles. The summed E-state index contributed by atoms with van der Waals surface area (Å²) in [4.78, 5) is 31.4. The van der Waals surface area contributed by atoms with Gasteiger partial charge in [0.1, 0.15) is 6.07 Å². The Morgan fingerprint density at radius 2 is 1.76 bits per heavy atom. The van der Waals surface area contributed by atoms with E-state index in [-0.39, 0.29) is 23.2 Å². The van der Waals surface area contributed by atoms with Crippen LogP contribution in [-0.2, 0) is 11.2 Å². The number of nitriles is 1. The van der Waals surface area contributed by atoms with Gasteiger partial charge in [-0.2, -0.15) is 10.2 Å². The second-order valence-corrected chi connectivity index (χ2v) is 8.68. The molecule has 3 aromatic carbocycles. The molecule has 9 heteroatoms. The number of benzene rings is 3. The molecule has 0 N–H and O–H groups in total. The third-order valence-corrected chi connectivity index (χ3v) is 6.40. The van der Waals surface area contributed by atoms with Crippen molar-refractivity contribution in [1.29, 1.82) is 5.26 Å². The fourth-order valence-corrected chi connectivity index (χ4v) is 4.44. The van der Waals surface area contributed by atoms with E-state index in [1.807, 2.05) is 52.3 Å². The maximum Gasteiger partial charge on any atom is 0.269 e. The number of nitro groups is 1. The summed E-state index contributed by atoms with van der Waals surface area (Å²) in [6.45, 7) is 2.08. The van der Waals surface area contributed by atoms with E-state index < -0.39 is 4.92 Å². The fourth-order valence-electron chi connectivity index (χ4n) is 4.44. The molecule has 1 amide bonds. The van der Waals surface area contributed by atoms with Crippen LogP contribution in [0.25, 0.3) is 22.9 Å². The summed E-state index contributed by atoms with van der Waals surface area (Å²) in [7, 11) is 0. The monoisotopic (exact) mass is 493 g/mol. The predicted molar refractivity (Wildman–Crippen MR) is 140 cm³/mol. The number of amides is 1. The average Bonchev–Trinajstić information content (AvgIpc) is 3.36. The normalized spacial score (nSPS) is 13.7. The lowest BCUT2D eigenvalue weighted by molar-refractivity contribution is -0.384. The number of oxazole rings is 1. The molecule has 0 radical (unpaired) electrons. The number of aromatic nitrogens is 1. The Morgan fingerprint density at radius 3 is 2.49 bits per heavy atom. The highest BCUT2D eigenvalue weighted by atomic mass is 16.6. The lowest BCUT2D eigenvalue weighted by atomic mass is 10.0. The second-order valence-electron chi connectivity index (χ2n) is 8.68. The van der Waals surface area contributed by atoms with E-state index in [2.05, 4.69) is 11.1 Å². The molecule has 0 saturated carbocycles. The van der Waals surface area contributed by atoms with Crippen LogP contribution in [0, 0.1) is 21.4 Å². The lowest BCUT2D eigenvalue weighted by Gasteiger charge is -2.34. The Kier molecular flexibility index (Phi) is 6.64. The van der Waals surface area contributed by atoms with Crippen molar-refractivity contribution in [1.82, 2.24) is 9.88 Å². The van der Waals surface area contributed by atoms with Crippen molar-refractivity contribution in [3.05, 3.63) is 99.6 Å². The van der Waals surface area contributed by atoms with Gasteiger partial charge in [-0.05, 0) is 40.1 Å². The number of rotatable bonds is 6. The highest BCUT2D eigenvalue weighted by Gasteiger charge is 2.26. The minimum absolute atomic E-state index is 0.0112. The van der Waals surface area contributed by atoms with Crippen LogP contribution < -0.4 is 4.90 Å². The summed E-state index contributed by atoms with van der Waals surface area (Å²) in [5.74, 6) is 0.715. The largest absolute Gasteiger partial charge is 0.420 e. The molecule has 0 atom stereocenters. The fraction of sp³-hybridized carbons (Fsp3) is 0.179.